The number of aromatic amines is 1. The SMILES string of the molecule is CCCC1(C#N)N(c2ccc[nH]2)C2=C(C)C=CN(C(F)F)C2N1Cc1ccccc1. The lowest BCUT2D eigenvalue weighted by Crippen LogP contribution is -2.55. The van der Waals surface area contributed by atoms with Gasteiger partial charge in [-0.15, -0.1) is 0 Å². The number of nitrogens with zero attached hydrogens (tertiary/aromatic N) is 4. The van der Waals surface area contributed by atoms with Gasteiger partial charge >= 0.3 is 6.55 Å². The minimum absolute atomic E-state index is 0.379. The standard InChI is InChI=1S/C23H25F2N5/c1-3-12-23(16-26)29(15-18-8-5-4-6-9-18)21-20(30(23)19-10-7-13-27-19)17(2)11-14-28(21)22(24)25/h4-11,13-14,21-22,27H,3,12,15H2,1-2H3. The largest absolute Gasteiger partial charge is 0.348 e. The first-order valence-electron chi connectivity index (χ1n) is 10.1. The van der Waals surface area contributed by atoms with Gasteiger partial charge in [-0.05, 0) is 42.7 Å². The summed E-state index contributed by atoms with van der Waals surface area (Å²) in [4.78, 5) is 8.09. The minimum atomic E-state index is -2.69. The van der Waals surface area contributed by atoms with Gasteiger partial charge in [-0.25, -0.2) is 4.90 Å². The molecule has 0 radical (unpaired) electrons. The van der Waals surface area contributed by atoms with Gasteiger partial charge in [0, 0.05) is 18.9 Å². The van der Waals surface area contributed by atoms with Crippen LogP contribution in [0.4, 0.5) is 14.6 Å². The number of fused-ring (bicyclic) bond motifs is 1. The Morgan fingerprint density at radius 2 is 1.97 bits per heavy atom. The van der Waals surface area contributed by atoms with Gasteiger partial charge in [-0.2, -0.15) is 14.0 Å². The topological polar surface area (TPSA) is 49.3 Å². The molecule has 1 N–H and O–H groups in total. The molecule has 0 spiro atoms. The van der Waals surface area contributed by atoms with Gasteiger partial charge in [-0.1, -0.05) is 43.7 Å². The average molecular weight is 409 g/mol. The Kier molecular flexibility index (Phi) is 5.35. The first-order valence-corrected chi connectivity index (χ1v) is 10.1. The molecule has 2 aromatic rings. The molecule has 2 atom stereocenters. The summed E-state index contributed by atoms with van der Waals surface area (Å²) in [6.45, 7) is 1.62. The monoisotopic (exact) mass is 409 g/mol. The van der Waals surface area contributed by atoms with Crippen LogP contribution in [0.3, 0.4) is 0 Å². The third kappa shape index (κ3) is 3.08. The van der Waals surface area contributed by atoms with Crippen molar-refractivity contribution < 1.29 is 8.78 Å². The van der Waals surface area contributed by atoms with Crippen LogP contribution in [-0.4, -0.2) is 33.2 Å². The van der Waals surface area contributed by atoms with E-state index >= 15 is 0 Å². The van der Waals surface area contributed by atoms with Crippen LogP contribution < -0.4 is 4.90 Å². The Balaban J connectivity index is 1.94. The number of rotatable bonds is 6. The second-order valence-corrected chi connectivity index (χ2v) is 7.67. The maximum Gasteiger partial charge on any atom is 0.316 e. The van der Waals surface area contributed by atoms with Crippen LogP contribution in [0.25, 0.3) is 0 Å². The Bertz CT molecular complexity index is 977. The normalized spacial score (nSPS) is 23.9. The van der Waals surface area contributed by atoms with Crippen molar-refractivity contribution >= 4 is 5.82 Å². The molecule has 30 heavy (non-hydrogen) atoms. The van der Waals surface area contributed by atoms with Crippen LogP contribution in [0, 0.1) is 11.3 Å². The molecule has 2 aliphatic rings. The highest BCUT2D eigenvalue weighted by Crippen LogP contribution is 2.48. The third-order valence-corrected chi connectivity index (χ3v) is 5.83. The van der Waals surface area contributed by atoms with Crippen LogP contribution >= 0.6 is 0 Å². The first-order chi connectivity index (χ1) is 14.5. The molecule has 5 nitrogen and oxygen atoms in total. The predicted octanol–water partition coefficient (Wildman–Crippen LogP) is 5.01. The van der Waals surface area contributed by atoms with Gasteiger partial charge in [0.05, 0.1) is 5.70 Å². The van der Waals surface area contributed by atoms with E-state index in [1.165, 1.54) is 6.20 Å². The van der Waals surface area contributed by atoms with Gasteiger partial charge in [0.1, 0.15) is 18.1 Å². The molecular weight excluding hydrogens is 384 g/mol. The first kappa shape index (κ1) is 20.2. The number of nitrogens with one attached hydrogen (secondary N) is 1. The summed E-state index contributed by atoms with van der Waals surface area (Å²) in [5, 5.41) is 10.5. The lowest BCUT2D eigenvalue weighted by Gasteiger charge is -2.40. The summed E-state index contributed by atoms with van der Waals surface area (Å²) >= 11 is 0. The number of aromatic nitrogens is 1. The zero-order valence-corrected chi connectivity index (χ0v) is 17.1. The Morgan fingerprint density at radius 1 is 1.20 bits per heavy atom. The maximum absolute atomic E-state index is 14.1. The molecule has 0 aliphatic carbocycles. The fourth-order valence-corrected chi connectivity index (χ4v) is 4.57. The van der Waals surface area contributed by atoms with E-state index in [2.05, 4.69) is 11.1 Å². The molecule has 3 heterocycles. The van der Waals surface area contributed by atoms with E-state index in [9.17, 15) is 14.0 Å². The highest BCUT2D eigenvalue weighted by Gasteiger charge is 2.58. The van der Waals surface area contributed by atoms with E-state index in [4.69, 9.17) is 0 Å². The molecular formula is C23H25F2N5. The molecule has 1 saturated heterocycles. The molecule has 2 unspecified atom stereocenters. The van der Waals surface area contributed by atoms with Crippen molar-refractivity contribution in [3.63, 3.8) is 0 Å². The molecule has 0 amide bonds. The molecule has 1 aromatic heterocycles. The smallest absolute Gasteiger partial charge is 0.316 e. The van der Waals surface area contributed by atoms with E-state index in [0.717, 1.165) is 28.3 Å². The molecule has 7 heteroatoms. The summed E-state index contributed by atoms with van der Waals surface area (Å²) < 4.78 is 28.3. The third-order valence-electron chi connectivity index (χ3n) is 5.83. The van der Waals surface area contributed by atoms with Crippen molar-refractivity contribution in [1.82, 2.24) is 14.8 Å². The number of H-pyrrole nitrogens is 1. The molecule has 0 saturated carbocycles. The Hall–Kier alpha value is -3.11. The lowest BCUT2D eigenvalue weighted by atomic mass is 10.0. The van der Waals surface area contributed by atoms with Crippen molar-refractivity contribution in [2.24, 2.45) is 0 Å². The lowest BCUT2D eigenvalue weighted by molar-refractivity contribution is -0.0640. The van der Waals surface area contributed by atoms with Crippen LogP contribution in [-0.2, 0) is 6.54 Å². The van der Waals surface area contributed by atoms with E-state index < -0.39 is 18.4 Å². The number of alkyl halides is 2. The second-order valence-electron chi connectivity index (χ2n) is 7.67. The number of hydrogen-bond donors (Lipinski definition) is 1. The Labute approximate surface area is 175 Å². The van der Waals surface area contributed by atoms with Crippen LogP contribution in [0.15, 0.2) is 72.2 Å². The van der Waals surface area contributed by atoms with Crippen LogP contribution in [0.2, 0.25) is 0 Å². The summed E-state index contributed by atoms with van der Waals surface area (Å²) in [7, 11) is 0. The number of benzene rings is 1. The highest BCUT2D eigenvalue weighted by molar-refractivity contribution is 5.60. The van der Waals surface area contributed by atoms with E-state index in [0.29, 0.717) is 18.7 Å². The number of anilines is 1. The van der Waals surface area contributed by atoms with Gasteiger partial charge in [0.2, 0.25) is 0 Å². The fraction of sp³-hybridized carbons (Fsp3) is 0.348. The number of nitriles is 1. The van der Waals surface area contributed by atoms with Gasteiger partial charge < -0.3 is 9.88 Å². The van der Waals surface area contributed by atoms with Crippen LogP contribution in [0.5, 0.6) is 0 Å². The summed E-state index contributed by atoms with van der Waals surface area (Å²) in [5.41, 5.74) is 1.46. The Morgan fingerprint density at radius 3 is 2.57 bits per heavy atom. The molecule has 1 fully saturated rings. The predicted molar refractivity (Wildman–Crippen MR) is 112 cm³/mol. The molecule has 156 valence electrons. The number of allylic oxidation sites excluding steroid dienone is 2. The molecule has 2 aliphatic heterocycles. The summed E-state index contributed by atoms with van der Waals surface area (Å²) in [5.74, 6) is 0.726. The van der Waals surface area contributed by atoms with Crippen molar-refractivity contribution in [1.29, 1.82) is 5.26 Å². The fourth-order valence-electron chi connectivity index (χ4n) is 4.57. The van der Waals surface area contributed by atoms with Crippen molar-refractivity contribution in [2.45, 2.75) is 51.6 Å². The van der Waals surface area contributed by atoms with E-state index in [1.807, 2.05) is 66.1 Å². The highest BCUT2D eigenvalue weighted by atomic mass is 19.3. The molecule has 4 rings (SSSR count). The van der Waals surface area contributed by atoms with Crippen molar-refractivity contribution in [3.05, 3.63) is 77.8 Å². The number of hydrogen-bond acceptors (Lipinski definition) is 4. The second kappa shape index (κ2) is 7.96. The average Bonchev–Trinajstić information content (AvgIpc) is 3.35. The maximum atomic E-state index is 14.1. The molecule has 1 aromatic carbocycles. The molecule has 0 bridgehead atoms. The van der Waals surface area contributed by atoms with Crippen LogP contribution in [0.1, 0.15) is 32.3 Å². The quantitative estimate of drug-likeness (QED) is 0.682. The van der Waals surface area contributed by atoms with Gasteiger partial charge in [0.25, 0.3) is 0 Å². The van der Waals surface area contributed by atoms with Gasteiger partial charge in [0.15, 0.2) is 5.66 Å². The number of halogens is 2. The zero-order chi connectivity index (χ0) is 21.3. The van der Waals surface area contributed by atoms with Gasteiger partial charge in [-0.3, -0.25) is 4.90 Å². The van der Waals surface area contributed by atoms with E-state index in [1.54, 1.807) is 12.3 Å². The van der Waals surface area contributed by atoms with Crippen molar-refractivity contribution in [2.75, 3.05) is 4.90 Å². The summed E-state index contributed by atoms with van der Waals surface area (Å²) in [6, 6.07) is 16.0. The van der Waals surface area contributed by atoms with E-state index in [-0.39, 0.29) is 0 Å². The zero-order valence-electron chi connectivity index (χ0n) is 17.1. The van der Waals surface area contributed by atoms with Crippen molar-refractivity contribution in [3.8, 4) is 6.07 Å². The summed E-state index contributed by atoms with van der Waals surface area (Å²) in [6.07, 6.45) is 5.44. The minimum Gasteiger partial charge on any atom is -0.348 e.